The van der Waals surface area contributed by atoms with Gasteiger partial charge in [0.05, 0.1) is 5.69 Å². The molecular weight excluding hydrogens is 314 g/mol. The van der Waals surface area contributed by atoms with Crippen LogP contribution in [-0.4, -0.2) is 78.1 Å². The molecule has 0 aromatic carbocycles. The quantitative estimate of drug-likeness (QED) is 0.852. The smallest absolute Gasteiger partial charge is 0.317 e. The molecule has 25 heavy (non-hydrogen) atoms. The van der Waals surface area contributed by atoms with Crippen molar-refractivity contribution < 1.29 is 4.79 Å². The number of amides is 2. The van der Waals surface area contributed by atoms with Crippen molar-refractivity contribution in [3.63, 3.8) is 0 Å². The third-order valence-corrected chi connectivity index (χ3v) is 5.14. The molecule has 6 nitrogen and oxygen atoms in total. The van der Waals surface area contributed by atoms with Gasteiger partial charge in [-0.15, -0.1) is 0 Å². The number of hydrogen-bond acceptors (Lipinski definition) is 4. The van der Waals surface area contributed by atoms with E-state index in [9.17, 15) is 4.79 Å². The first kappa shape index (κ1) is 18.1. The minimum absolute atomic E-state index is 0.0887. The highest BCUT2D eigenvalue weighted by atomic mass is 16.2. The molecule has 2 aliphatic heterocycles. The molecule has 6 heteroatoms. The average Bonchev–Trinajstić information content (AvgIpc) is 3.14. The third kappa shape index (κ3) is 5.68. The predicted molar refractivity (Wildman–Crippen MR) is 99.3 cm³/mol. The lowest BCUT2D eigenvalue weighted by molar-refractivity contribution is 0.133. The lowest BCUT2D eigenvalue weighted by atomic mass is 10.1. The Morgan fingerprint density at radius 1 is 1.12 bits per heavy atom. The number of aromatic nitrogens is 1. The van der Waals surface area contributed by atoms with Crippen molar-refractivity contribution in [2.75, 3.05) is 52.4 Å². The first-order valence-corrected chi connectivity index (χ1v) is 9.58. The number of likely N-dealkylation sites (tertiary alicyclic amines) is 1. The van der Waals surface area contributed by atoms with Crippen LogP contribution in [0.1, 0.15) is 25.5 Å². The Hall–Kier alpha value is -1.66. The van der Waals surface area contributed by atoms with Gasteiger partial charge in [-0.3, -0.25) is 9.88 Å². The van der Waals surface area contributed by atoms with E-state index < -0.39 is 0 Å². The molecule has 2 aliphatic rings. The first-order valence-electron chi connectivity index (χ1n) is 9.58. The van der Waals surface area contributed by atoms with E-state index in [0.29, 0.717) is 5.92 Å². The average molecular weight is 345 g/mol. The monoisotopic (exact) mass is 345 g/mol. The van der Waals surface area contributed by atoms with Crippen LogP contribution in [0.25, 0.3) is 0 Å². The van der Waals surface area contributed by atoms with Gasteiger partial charge in [0.1, 0.15) is 0 Å². The van der Waals surface area contributed by atoms with Crippen molar-refractivity contribution in [2.45, 2.75) is 26.3 Å². The van der Waals surface area contributed by atoms with Crippen molar-refractivity contribution in [1.82, 2.24) is 25.0 Å². The van der Waals surface area contributed by atoms with E-state index in [1.165, 1.54) is 25.9 Å². The Labute approximate surface area is 151 Å². The summed E-state index contributed by atoms with van der Waals surface area (Å²) in [5, 5.41) is 3.12. The second-order valence-corrected chi connectivity index (χ2v) is 7.38. The molecule has 1 unspecified atom stereocenters. The summed E-state index contributed by atoms with van der Waals surface area (Å²) in [5.74, 6) is 0.507. The lowest BCUT2D eigenvalue weighted by Crippen LogP contribution is -2.52. The molecule has 2 saturated heterocycles. The molecule has 0 saturated carbocycles. The molecule has 0 radical (unpaired) electrons. The molecule has 1 aromatic rings. The van der Waals surface area contributed by atoms with Crippen LogP contribution in [-0.2, 0) is 6.54 Å². The summed E-state index contributed by atoms with van der Waals surface area (Å²) in [6.07, 6.45) is 4.48. The van der Waals surface area contributed by atoms with Crippen LogP contribution in [0.5, 0.6) is 0 Å². The number of rotatable bonds is 6. The van der Waals surface area contributed by atoms with E-state index in [1.807, 2.05) is 23.2 Å². The Kier molecular flexibility index (Phi) is 6.64. The van der Waals surface area contributed by atoms with Crippen molar-refractivity contribution >= 4 is 6.03 Å². The van der Waals surface area contributed by atoms with Crippen molar-refractivity contribution in [1.29, 1.82) is 0 Å². The van der Waals surface area contributed by atoms with Gasteiger partial charge >= 0.3 is 6.03 Å². The van der Waals surface area contributed by atoms with Crippen molar-refractivity contribution in [3.05, 3.63) is 30.1 Å². The number of pyridine rings is 1. The molecule has 3 heterocycles. The molecule has 2 fully saturated rings. The van der Waals surface area contributed by atoms with Gasteiger partial charge in [-0.05, 0) is 44.0 Å². The van der Waals surface area contributed by atoms with Crippen LogP contribution in [0, 0.1) is 5.92 Å². The third-order valence-electron chi connectivity index (χ3n) is 5.14. The van der Waals surface area contributed by atoms with E-state index in [2.05, 4.69) is 33.1 Å². The van der Waals surface area contributed by atoms with E-state index in [1.54, 1.807) is 0 Å². The number of urea groups is 1. The number of hydrogen-bond donors (Lipinski definition) is 1. The van der Waals surface area contributed by atoms with Crippen LogP contribution in [0.3, 0.4) is 0 Å². The summed E-state index contributed by atoms with van der Waals surface area (Å²) in [6.45, 7) is 10.8. The van der Waals surface area contributed by atoms with Gasteiger partial charge in [0.15, 0.2) is 0 Å². The van der Waals surface area contributed by atoms with Gasteiger partial charge in [-0.25, -0.2) is 4.79 Å². The number of nitrogens with zero attached hydrogens (tertiary/aromatic N) is 4. The molecule has 1 N–H and O–H groups in total. The molecular formula is C19H31N5O. The number of piperazine rings is 1. The fourth-order valence-electron chi connectivity index (χ4n) is 3.67. The molecule has 0 spiro atoms. The minimum Gasteiger partial charge on any atom is -0.338 e. The maximum atomic E-state index is 12.4. The van der Waals surface area contributed by atoms with Gasteiger partial charge in [0.2, 0.25) is 0 Å². The zero-order valence-electron chi connectivity index (χ0n) is 15.4. The van der Waals surface area contributed by atoms with Crippen molar-refractivity contribution in [2.24, 2.45) is 5.92 Å². The van der Waals surface area contributed by atoms with E-state index >= 15 is 0 Å². The summed E-state index contributed by atoms with van der Waals surface area (Å²) in [5.41, 5.74) is 1.09. The largest absolute Gasteiger partial charge is 0.338 e. The summed E-state index contributed by atoms with van der Waals surface area (Å²) < 4.78 is 0. The fraction of sp³-hybridized carbons (Fsp3) is 0.684. The molecule has 138 valence electrons. The van der Waals surface area contributed by atoms with Crippen LogP contribution in [0.4, 0.5) is 4.79 Å². The van der Waals surface area contributed by atoms with Gasteiger partial charge in [-0.1, -0.05) is 13.0 Å². The summed E-state index contributed by atoms with van der Waals surface area (Å²) in [6, 6.07) is 6.11. The summed E-state index contributed by atoms with van der Waals surface area (Å²) >= 11 is 0. The van der Waals surface area contributed by atoms with Crippen LogP contribution < -0.4 is 5.32 Å². The minimum atomic E-state index is 0.0887. The highest BCUT2D eigenvalue weighted by molar-refractivity contribution is 5.74. The number of nitrogens with one attached hydrogen (secondary N) is 1. The molecule has 1 atom stereocenters. The van der Waals surface area contributed by atoms with Crippen molar-refractivity contribution in [3.8, 4) is 0 Å². The van der Waals surface area contributed by atoms with Gasteiger partial charge in [0, 0.05) is 52.0 Å². The van der Waals surface area contributed by atoms with Crippen LogP contribution in [0.2, 0.25) is 0 Å². The Balaban J connectivity index is 1.33. The highest BCUT2D eigenvalue weighted by Gasteiger charge is 2.22. The van der Waals surface area contributed by atoms with Crippen LogP contribution >= 0.6 is 0 Å². The Morgan fingerprint density at radius 3 is 2.56 bits per heavy atom. The standard InChI is InChI=1S/C19H31N5O/c1-17(15-22-8-4-5-9-22)14-21-19(25)24-12-10-23(11-13-24)16-18-6-2-3-7-20-18/h2-3,6-7,17H,4-5,8-16H2,1H3,(H,21,25). The number of carbonyl (C=O) groups is 1. The molecule has 2 amide bonds. The molecule has 1 aromatic heterocycles. The predicted octanol–water partition coefficient (Wildman–Crippen LogP) is 1.64. The van der Waals surface area contributed by atoms with Crippen LogP contribution in [0.15, 0.2) is 24.4 Å². The van der Waals surface area contributed by atoms with Gasteiger partial charge < -0.3 is 15.1 Å². The van der Waals surface area contributed by atoms with Gasteiger partial charge in [-0.2, -0.15) is 0 Å². The zero-order chi connectivity index (χ0) is 17.5. The second-order valence-electron chi connectivity index (χ2n) is 7.38. The first-order chi connectivity index (χ1) is 12.2. The Morgan fingerprint density at radius 2 is 1.88 bits per heavy atom. The van der Waals surface area contributed by atoms with E-state index in [4.69, 9.17) is 0 Å². The molecule has 3 rings (SSSR count). The fourth-order valence-corrected chi connectivity index (χ4v) is 3.67. The van der Waals surface area contributed by atoms with E-state index in [-0.39, 0.29) is 6.03 Å². The maximum Gasteiger partial charge on any atom is 0.317 e. The zero-order valence-corrected chi connectivity index (χ0v) is 15.4. The topological polar surface area (TPSA) is 51.7 Å². The SMILES string of the molecule is CC(CNC(=O)N1CCN(Cc2ccccn2)CC1)CN1CCCC1. The number of carbonyl (C=O) groups excluding carboxylic acids is 1. The van der Waals surface area contributed by atoms with Gasteiger partial charge in [0.25, 0.3) is 0 Å². The summed E-state index contributed by atoms with van der Waals surface area (Å²) in [4.78, 5) is 23.6. The normalized spacial score (nSPS) is 20.6. The summed E-state index contributed by atoms with van der Waals surface area (Å²) in [7, 11) is 0. The second kappa shape index (κ2) is 9.15. The highest BCUT2D eigenvalue weighted by Crippen LogP contribution is 2.10. The lowest BCUT2D eigenvalue weighted by Gasteiger charge is -2.34. The molecule has 0 aliphatic carbocycles. The Bertz CT molecular complexity index is 524. The maximum absolute atomic E-state index is 12.4. The molecule has 0 bridgehead atoms. The van der Waals surface area contributed by atoms with E-state index in [0.717, 1.165) is 51.5 Å².